The van der Waals surface area contributed by atoms with Gasteiger partial charge in [0.15, 0.2) is 0 Å². The summed E-state index contributed by atoms with van der Waals surface area (Å²) in [6.45, 7) is 4.27. The van der Waals surface area contributed by atoms with E-state index < -0.39 is 0 Å². The maximum absolute atomic E-state index is 5.23. The standard InChI is InChI=1S/C19H23N2O/c1-3-19(9-4-10-20-14-19)17-11-16(12-21-13-17)15-5-7-18(22-2)8-6-15/h3,5-8,11-13,20H,4,9-10,14H2,1-2H3. The van der Waals surface area contributed by atoms with Gasteiger partial charge in [-0.3, -0.25) is 4.98 Å². The minimum atomic E-state index is 0.105. The average Bonchev–Trinajstić information content (AvgIpc) is 2.62. The number of benzene rings is 1. The van der Waals surface area contributed by atoms with Gasteiger partial charge in [-0.05, 0) is 55.1 Å². The highest BCUT2D eigenvalue weighted by atomic mass is 16.5. The molecule has 0 aliphatic carbocycles. The Bertz CT molecular complexity index is 616. The molecule has 0 amide bonds. The monoisotopic (exact) mass is 295 g/mol. The number of hydrogen-bond acceptors (Lipinski definition) is 3. The lowest BCUT2D eigenvalue weighted by molar-refractivity contribution is 0.354. The molecule has 1 N–H and O–H groups in total. The maximum atomic E-state index is 5.23. The van der Waals surface area contributed by atoms with Gasteiger partial charge < -0.3 is 10.1 Å². The van der Waals surface area contributed by atoms with E-state index in [2.05, 4.69) is 41.8 Å². The summed E-state index contributed by atoms with van der Waals surface area (Å²) in [5.41, 5.74) is 3.74. The number of rotatable bonds is 4. The minimum Gasteiger partial charge on any atom is -0.497 e. The normalized spacial score (nSPS) is 21.5. The second kappa shape index (κ2) is 6.49. The van der Waals surface area contributed by atoms with E-state index in [0.717, 1.165) is 24.4 Å². The van der Waals surface area contributed by atoms with Crippen molar-refractivity contribution in [2.75, 3.05) is 20.2 Å². The SMILES string of the molecule is C[CH]C1(c2cncc(-c3ccc(OC)cc3)c2)CCCNC1. The summed E-state index contributed by atoms with van der Waals surface area (Å²) in [7, 11) is 1.69. The smallest absolute Gasteiger partial charge is 0.118 e. The van der Waals surface area contributed by atoms with Crippen LogP contribution >= 0.6 is 0 Å². The molecule has 115 valence electrons. The maximum Gasteiger partial charge on any atom is 0.118 e. The third-order valence-corrected chi connectivity index (χ3v) is 4.71. The molecule has 1 radical (unpaired) electrons. The van der Waals surface area contributed by atoms with E-state index in [-0.39, 0.29) is 5.41 Å². The first-order valence-electron chi connectivity index (χ1n) is 7.89. The second-order valence-corrected chi connectivity index (χ2v) is 5.92. The van der Waals surface area contributed by atoms with Crippen molar-refractivity contribution in [1.82, 2.24) is 10.3 Å². The molecule has 1 aromatic carbocycles. The third-order valence-electron chi connectivity index (χ3n) is 4.71. The Morgan fingerprint density at radius 1 is 1.18 bits per heavy atom. The second-order valence-electron chi connectivity index (χ2n) is 5.92. The van der Waals surface area contributed by atoms with Gasteiger partial charge in [0.1, 0.15) is 5.75 Å². The highest BCUT2D eigenvalue weighted by Gasteiger charge is 2.32. The number of nitrogens with one attached hydrogen (secondary N) is 1. The Hall–Kier alpha value is -1.87. The first kappa shape index (κ1) is 15.0. The highest BCUT2D eigenvalue weighted by Crippen LogP contribution is 2.35. The highest BCUT2D eigenvalue weighted by molar-refractivity contribution is 5.64. The Morgan fingerprint density at radius 2 is 2.00 bits per heavy atom. The largest absolute Gasteiger partial charge is 0.497 e. The van der Waals surface area contributed by atoms with Crippen molar-refractivity contribution in [2.45, 2.75) is 25.2 Å². The summed E-state index contributed by atoms with van der Waals surface area (Å²) < 4.78 is 5.23. The minimum absolute atomic E-state index is 0.105. The molecule has 3 heteroatoms. The number of nitrogens with zero attached hydrogens (tertiary/aromatic N) is 1. The lowest BCUT2D eigenvalue weighted by atomic mass is 9.73. The predicted molar refractivity (Wildman–Crippen MR) is 90.0 cm³/mol. The fourth-order valence-electron chi connectivity index (χ4n) is 3.24. The number of hydrogen-bond donors (Lipinski definition) is 1. The summed E-state index contributed by atoms with van der Waals surface area (Å²) in [4.78, 5) is 4.49. The molecule has 1 unspecified atom stereocenters. The number of aromatic nitrogens is 1. The fourth-order valence-corrected chi connectivity index (χ4v) is 3.24. The van der Waals surface area contributed by atoms with Gasteiger partial charge in [0.25, 0.3) is 0 Å². The molecule has 0 saturated carbocycles. The van der Waals surface area contributed by atoms with Crippen molar-refractivity contribution >= 4 is 0 Å². The van der Waals surface area contributed by atoms with Crippen LogP contribution in [0.5, 0.6) is 5.75 Å². The fraction of sp³-hybridized carbons (Fsp3) is 0.368. The van der Waals surface area contributed by atoms with Crippen LogP contribution in [0.4, 0.5) is 0 Å². The van der Waals surface area contributed by atoms with Crippen LogP contribution in [0.3, 0.4) is 0 Å². The summed E-state index contributed by atoms with van der Waals surface area (Å²) in [6, 6.07) is 10.4. The van der Waals surface area contributed by atoms with Gasteiger partial charge in [-0.1, -0.05) is 19.1 Å². The van der Waals surface area contributed by atoms with Crippen molar-refractivity contribution in [2.24, 2.45) is 0 Å². The zero-order valence-corrected chi connectivity index (χ0v) is 13.3. The zero-order valence-electron chi connectivity index (χ0n) is 13.3. The average molecular weight is 295 g/mol. The van der Waals surface area contributed by atoms with Crippen LogP contribution in [0, 0.1) is 6.42 Å². The summed E-state index contributed by atoms with van der Waals surface area (Å²) in [5.74, 6) is 0.878. The molecular weight excluding hydrogens is 272 g/mol. The van der Waals surface area contributed by atoms with Crippen LogP contribution < -0.4 is 10.1 Å². The van der Waals surface area contributed by atoms with Gasteiger partial charge in [-0.15, -0.1) is 0 Å². The summed E-state index contributed by atoms with van der Waals surface area (Å²) in [6.07, 6.45) is 8.67. The summed E-state index contributed by atoms with van der Waals surface area (Å²) in [5, 5.41) is 3.52. The molecule has 1 aromatic heterocycles. The van der Waals surface area contributed by atoms with E-state index in [1.807, 2.05) is 24.5 Å². The molecular formula is C19H23N2O. The zero-order chi connectivity index (χ0) is 15.4. The number of ether oxygens (including phenoxy) is 1. The Kier molecular flexibility index (Phi) is 4.44. The Morgan fingerprint density at radius 3 is 2.64 bits per heavy atom. The van der Waals surface area contributed by atoms with E-state index in [4.69, 9.17) is 4.74 Å². The van der Waals surface area contributed by atoms with Crippen LogP contribution in [0.2, 0.25) is 0 Å². The molecule has 1 aliphatic heterocycles. The van der Waals surface area contributed by atoms with Crippen LogP contribution in [0.25, 0.3) is 11.1 Å². The van der Waals surface area contributed by atoms with Gasteiger partial charge >= 0.3 is 0 Å². The van der Waals surface area contributed by atoms with Crippen LogP contribution in [0.1, 0.15) is 25.3 Å². The summed E-state index contributed by atoms with van der Waals surface area (Å²) >= 11 is 0. The number of methoxy groups -OCH3 is 1. The van der Waals surface area contributed by atoms with Crippen LogP contribution in [0.15, 0.2) is 42.7 Å². The van der Waals surface area contributed by atoms with E-state index in [0.29, 0.717) is 0 Å². The molecule has 1 fully saturated rings. The third kappa shape index (κ3) is 2.86. The van der Waals surface area contributed by atoms with Crippen molar-refractivity contribution in [3.05, 3.63) is 54.7 Å². The van der Waals surface area contributed by atoms with E-state index in [1.54, 1.807) is 7.11 Å². The molecule has 2 heterocycles. The van der Waals surface area contributed by atoms with Gasteiger partial charge in [-0.25, -0.2) is 0 Å². The van der Waals surface area contributed by atoms with Crippen molar-refractivity contribution in [3.63, 3.8) is 0 Å². The molecule has 2 aromatic rings. The predicted octanol–water partition coefficient (Wildman–Crippen LogP) is 3.60. The number of piperidine rings is 1. The van der Waals surface area contributed by atoms with E-state index >= 15 is 0 Å². The van der Waals surface area contributed by atoms with Gasteiger partial charge in [-0.2, -0.15) is 0 Å². The molecule has 3 rings (SSSR count). The van der Waals surface area contributed by atoms with Crippen molar-refractivity contribution < 1.29 is 4.74 Å². The van der Waals surface area contributed by atoms with Crippen molar-refractivity contribution in [1.29, 1.82) is 0 Å². The van der Waals surface area contributed by atoms with Gasteiger partial charge in [0.05, 0.1) is 7.11 Å². The molecule has 1 aliphatic rings. The van der Waals surface area contributed by atoms with Crippen molar-refractivity contribution in [3.8, 4) is 16.9 Å². The van der Waals surface area contributed by atoms with E-state index in [9.17, 15) is 0 Å². The molecule has 1 saturated heterocycles. The molecule has 3 nitrogen and oxygen atoms in total. The first-order chi connectivity index (χ1) is 10.8. The van der Waals surface area contributed by atoms with Gasteiger partial charge in [0, 0.05) is 29.9 Å². The van der Waals surface area contributed by atoms with E-state index in [1.165, 1.54) is 24.0 Å². The molecule has 0 bridgehead atoms. The molecule has 0 spiro atoms. The molecule has 1 atom stereocenters. The lowest BCUT2D eigenvalue weighted by Gasteiger charge is -2.37. The quantitative estimate of drug-likeness (QED) is 0.935. The van der Waals surface area contributed by atoms with Crippen LogP contribution in [-0.4, -0.2) is 25.2 Å². The molecule has 22 heavy (non-hydrogen) atoms. The topological polar surface area (TPSA) is 34.1 Å². The van der Waals surface area contributed by atoms with Crippen LogP contribution in [-0.2, 0) is 5.41 Å². The first-order valence-corrected chi connectivity index (χ1v) is 7.89. The Labute approximate surface area is 132 Å². The van der Waals surface area contributed by atoms with Gasteiger partial charge in [0.2, 0.25) is 0 Å². The Balaban J connectivity index is 1.94. The lowest BCUT2D eigenvalue weighted by Crippen LogP contribution is -2.43. The number of pyridine rings is 1.